The lowest BCUT2D eigenvalue weighted by Gasteiger charge is -2.09. The fourth-order valence-electron chi connectivity index (χ4n) is 3.67. The second kappa shape index (κ2) is 18.9. The SMILES string of the molecule is CCCCC(O)CCCCCCCCCCCCCCCCC(C)S(=O)(=O)O. The normalized spacial score (nSPS) is 14.3. The first-order valence-electron chi connectivity index (χ1n) is 12.0. The number of unbranched alkanes of at least 4 members (excludes halogenated alkanes) is 14. The first-order valence-corrected chi connectivity index (χ1v) is 13.5. The molecule has 0 aromatic rings. The third-order valence-electron chi connectivity index (χ3n) is 5.80. The van der Waals surface area contributed by atoms with Crippen LogP contribution < -0.4 is 0 Å². The van der Waals surface area contributed by atoms with E-state index in [1.165, 1.54) is 83.5 Å². The summed E-state index contributed by atoms with van der Waals surface area (Å²) in [6.07, 6.45) is 22.3. The maximum Gasteiger partial charge on any atom is 0.267 e. The Balaban J connectivity index is 3.18. The van der Waals surface area contributed by atoms with Crippen molar-refractivity contribution in [3.63, 3.8) is 0 Å². The Hall–Kier alpha value is -0.130. The molecule has 0 radical (unpaired) electrons. The van der Waals surface area contributed by atoms with Crippen LogP contribution >= 0.6 is 0 Å². The number of hydrogen-bond acceptors (Lipinski definition) is 3. The number of rotatable bonds is 21. The molecule has 2 atom stereocenters. The highest BCUT2D eigenvalue weighted by Crippen LogP contribution is 2.16. The van der Waals surface area contributed by atoms with E-state index in [0.29, 0.717) is 6.42 Å². The molecule has 0 aliphatic heterocycles. The summed E-state index contributed by atoms with van der Waals surface area (Å²) >= 11 is 0. The fraction of sp³-hybridized carbons (Fsp3) is 1.00. The van der Waals surface area contributed by atoms with Gasteiger partial charge in [-0.1, -0.05) is 110 Å². The highest BCUT2D eigenvalue weighted by molar-refractivity contribution is 7.86. The lowest BCUT2D eigenvalue weighted by atomic mass is 10.0. The molecule has 2 unspecified atom stereocenters. The zero-order chi connectivity index (χ0) is 21.1. The van der Waals surface area contributed by atoms with Crippen LogP contribution in [0.3, 0.4) is 0 Å². The monoisotopic (exact) mass is 420 g/mol. The van der Waals surface area contributed by atoms with Crippen LogP contribution in [0.25, 0.3) is 0 Å². The summed E-state index contributed by atoms with van der Waals surface area (Å²) in [5.74, 6) is 0. The van der Waals surface area contributed by atoms with Crippen molar-refractivity contribution in [1.29, 1.82) is 0 Å². The predicted octanol–water partition coefficient (Wildman–Crippen LogP) is 7.06. The van der Waals surface area contributed by atoms with Gasteiger partial charge in [0.2, 0.25) is 0 Å². The third-order valence-corrected chi connectivity index (χ3v) is 7.05. The second-order valence-electron chi connectivity index (χ2n) is 8.65. The largest absolute Gasteiger partial charge is 0.393 e. The van der Waals surface area contributed by atoms with E-state index >= 15 is 0 Å². The highest BCUT2D eigenvalue weighted by atomic mass is 32.2. The van der Waals surface area contributed by atoms with E-state index in [2.05, 4.69) is 6.92 Å². The van der Waals surface area contributed by atoms with Crippen molar-refractivity contribution in [3.05, 3.63) is 0 Å². The molecule has 0 spiro atoms. The molecule has 0 saturated heterocycles. The summed E-state index contributed by atoms with van der Waals surface area (Å²) in [6.45, 7) is 3.75. The van der Waals surface area contributed by atoms with Crippen molar-refractivity contribution < 1.29 is 18.1 Å². The molecule has 0 fully saturated rings. The Morgan fingerprint density at radius 1 is 0.607 bits per heavy atom. The average molecular weight is 421 g/mol. The summed E-state index contributed by atoms with van der Waals surface area (Å²) in [5.41, 5.74) is 0. The minimum Gasteiger partial charge on any atom is -0.393 e. The molecule has 0 heterocycles. The second-order valence-corrected chi connectivity index (χ2v) is 10.5. The van der Waals surface area contributed by atoms with Gasteiger partial charge in [0.25, 0.3) is 10.1 Å². The minimum absolute atomic E-state index is 0.0693. The maximum atomic E-state index is 10.9. The fourth-order valence-corrected chi connectivity index (χ4v) is 4.13. The molecule has 0 aromatic carbocycles. The Bertz CT molecular complexity index is 422. The van der Waals surface area contributed by atoms with Gasteiger partial charge in [-0.2, -0.15) is 8.42 Å². The van der Waals surface area contributed by atoms with Gasteiger partial charge in [-0.15, -0.1) is 0 Å². The van der Waals surface area contributed by atoms with Crippen LogP contribution in [-0.2, 0) is 10.1 Å². The molecule has 28 heavy (non-hydrogen) atoms. The molecule has 5 heteroatoms. The Morgan fingerprint density at radius 2 is 0.929 bits per heavy atom. The van der Waals surface area contributed by atoms with Crippen molar-refractivity contribution in [2.75, 3.05) is 0 Å². The van der Waals surface area contributed by atoms with Gasteiger partial charge in [-0.25, -0.2) is 0 Å². The van der Waals surface area contributed by atoms with Crippen molar-refractivity contribution in [1.82, 2.24) is 0 Å². The van der Waals surface area contributed by atoms with Gasteiger partial charge in [-0.05, 0) is 26.2 Å². The lowest BCUT2D eigenvalue weighted by Crippen LogP contribution is -2.16. The molecule has 170 valence electrons. The van der Waals surface area contributed by atoms with E-state index in [1.54, 1.807) is 6.92 Å². The van der Waals surface area contributed by atoms with Crippen LogP contribution in [0.5, 0.6) is 0 Å². The van der Waals surface area contributed by atoms with Gasteiger partial charge in [-0.3, -0.25) is 4.55 Å². The summed E-state index contributed by atoms with van der Waals surface area (Å²) in [7, 11) is -3.84. The molecule has 0 bridgehead atoms. The van der Waals surface area contributed by atoms with Crippen molar-refractivity contribution in [2.45, 2.75) is 147 Å². The molecule has 2 N–H and O–H groups in total. The smallest absolute Gasteiger partial charge is 0.267 e. The van der Waals surface area contributed by atoms with Crippen LogP contribution in [0.4, 0.5) is 0 Å². The van der Waals surface area contributed by atoms with Crippen LogP contribution in [-0.4, -0.2) is 29.4 Å². The maximum absolute atomic E-state index is 10.9. The van der Waals surface area contributed by atoms with Crippen molar-refractivity contribution in [3.8, 4) is 0 Å². The van der Waals surface area contributed by atoms with Crippen LogP contribution in [0.1, 0.15) is 136 Å². The van der Waals surface area contributed by atoms with E-state index in [1.807, 2.05) is 0 Å². The molecule has 0 aliphatic carbocycles. The first kappa shape index (κ1) is 27.9. The number of hydrogen-bond donors (Lipinski definition) is 2. The summed E-state index contributed by atoms with van der Waals surface area (Å²) < 4.78 is 30.7. The van der Waals surface area contributed by atoms with Gasteiger partial charge < -0.3 is 5.11 Å². The number of aliphatic hydroxyl groups is 1. The minimum atomic E-state index is -3.84. The topological polar surface area (TPSA) is 74.6 Å². The van der Waals surface area contributed by atoms with Gasteiger partial charge in [0, 0.05) is 0 Å². The molecular formula is C23H48O4S. The Kier molecular flexibility index (Phi) is 18.8. The summed E-state index contributed by atoms with van der Waals surface area (Å²) in [4.78, 5) is 0. The standard InChI is InChI=1S/C23H48O4S/c1-3-4-20-23(24)21-18-16-14-12-10-8-6-5-7-9-11-13-15-17-19-22(2)28(25,26)27/h22-24H,3-21H2,1-2H3,(H,25,26,27). The molecule has 0 saturated carbocycles. The van der Waals surface area contributed by atoms with Crippen LogP contribution in [0.2, 0.25) is 0 Å². The molecule has 4 nitrogen and oxygen atoms in total. The highest BCUT2D eigenvalue weighted by Gasteiger charge is 2.15. The quantitative estimate of drug-likeness (QED) is 0.154. The molecular weight excluding hydrogens is 372 g/mol. The Labute approximate surface area is 175 Å². The van der Waals surface area contributed by atoms with Gasteiger partial charge >= 0.3 is 0 Å². The molecule has 0 rings (SSSR count). The Morgan fingerprint density at radius 3 is 1.29 bits per heavy atom. The zero-order valence-electron chi connectivity index (χ0n) is 18.7. The van der Waals surface area contributed by atoms with Gasteiger partial charge in [0.15, 0.2) is 0 Å². The van der Waals surface area contributed by atoms with E-state index in [9.17, 15) is 13.5 Å². The molecule has 0 amide bonds. The van der Waals surface area contributed by atoms with E-state index in [-0.39, 0.29) is 6.10 Å². The van der Waals surface area contributed by atoms with Crippen molar-refractivity contribution in [2.24, 2.45) is 0 Å². The zero-order valence-corrected chi connectivity index (χ0v) is 19.5. The summed E-state index contributed by atoms with van der Waals surface area (Å²) in [6, 6.07) is 0. The first-order chi connectivity index (χ1) is 13.4. The molecule has 0 aliphatic rings. The average Bonchev–Trinajstić information content (AvgIpc) is 2.64. The molecule has 0 aromatic heterocycles. The van der Waals surface area contributed by atoms with E-state index in [4.69, 9.17) is 4.55 Å². The van der Waals surface area contributed by atoms with Crippen molar-refractivity contribution >= 4 is 10.1 Å². The van der Waals surface area contributed by atoms with Gasteiger partial charge in [0.1, 0.15) is 0 Å². The third kappa shape index (κ3) is 19.2. The number of aliphatic hydroxyl groups excluding tert-OH is 1. The van der Waals surface area contributed by atoms with Crippen LogP contribution in [0.15, 0.2) is 0 Å². The predicted molar refractivity (Wildman–Crippen MR) is 120 cm³/mol. The summed E-state index contributed by atoms with van der Waals surface area (Å²) in [5, 5.41) is 9.18. The van der Waals surface area contributed by atoms with E-state index in [0.717, 1.165) is 32.1 Å². The lowest BCUT2D eigenvalue weighted by molar-refractivity contribution is 0.148. The van der Waals surface area contributed by atoms with E-state index < -0.39 is 15.4 Å². The van der Waals surface area contributed by atoms with Gasteiger partial charge in [0.05, 0.1) is 11.4 Å². The van der Waals surface area contributed by atoms with Crippen LogP contribution in [0, 0.1) is 0 Å².